The predicted octanol–water partition coefficient (Wildman–Crippen LogP) is 3.71. The second kappa shape index (κ2) is 7.12. The van der Waals surface area contributed by atoms with Gasteiger partial charge in [0.25, 0.3) is 5.91 Å². The van der Waals surface area contributed by atoms with E-state index in [0.717, 1.165) is 25.9 Å². The van der Waals surface area contributed by atoms with Gasteiger partial charge in [0.05, 0.1) is 10.6 Å². The van der Waals surface area contributed by atoms with E-state index < -0.39 is 5.97 Å². The van der Waals surface area contributed by atoms with Crippen LogP contribution in [0.4, 0.5) is 0 Å². The highest BCUT2D eigenvalue weighted by Gasteiger charge is 2.24. The topological polar surface area (TPSA) is 76.1 Å². The molecule has 0 bridgehead atoms. The number of carboxylic acid groups (broad SMARTS) is 1. The average Bonchev–Trinajstić information content (AvgIpc) is 3.21. The molecule has 7 heteroatoms. The minimum Gasteiger partial charge on any atom is -0.486 e. The normalized spacial score (nSPS) is 15.7. The van der Waals surface area contributed by atoms with Crippen molar-refractivity contribution in [2.24, 2.45) is 0 Å². The van der Waals surface area contributed by atoms with Gasteiger partial charge in [-0.15, -0.1) is 0 Å². The number of hydrogen-bond donors (Lipinski definition) is 1. The fourth-order valence-corrected chi connectivity index (χ4v) is 3.70. The van der Waals surface area contributed by atoms with Crippen molar-refractivity contribution in [3.8, 4) is 22.6 Å². The quantitative estimate of drug-likeness (QED) is 0.868. The van der Waals surface area contributed by atoms with Crippen LogP contribution < -0.4 is 9.47 Å². The number of fused-ring (bicyclic) bond motifs is 1. The summed E-state index contributed by atoms with van der Waals surface area (Å²) < 4.78 is 11.0. The molecule has 0 spiro atoms. The molecular formula is C20H18ClNO5. The van der Waals surface area contributed by atoms with Crippen molar-refractivity contribution in [2.45, 2.75) is 12.8 Å². The molecule has 2 aromatic rings. The largest absolute Gasteiger partial charge is 0.486 e. The molecule has 0 atom stereocenters. The van der Waals surface area contributed by atoms with Gasteiger partial charge in [0, 0.05) is 13.1 Å². The molecule has 140 valence electrons. The van der Waals surface area contributed by atoms with Gasteiger partial charge in [-0.3, -0.25) is 4.79 Å². The average molecular weight is 388 g/mol. The standard InChI is InChI=1S/C20H18ClNO5/c21-16-10-12(3-4-14(16)19(23)22-5-1-2-6-22)13-9-15(20(24)25)18-17(11-13)26-7-8-27-18/h3-4,9-11H,1-2,5-8H2,(H,24,25). The van der Waals surface area contributed by atoms with Crippen LogP contribution in [0.3, 0.4) is 0 Å². The number of carbonyl (C=O) groups is 2. The maximum Gasteiger partial charge on any atom is 0.339 e. The zero-order valence-corrected chi connectivity index (χ0v) is 15.3. The summed E-state index contributed by atoms with van der Waals surface area (Å²) in [7, 11) is 0. The number of carboxylic acids is 1. The van der Waals surface area contributed by atoms with Gasteiger partial charge in [-0.05, 0) is 48.2 Å². The zero-order valence-electron chi connectivity index (χ0n) is 14.5. The monoisotopic (exact) mass is 387 g/mol. The highest BCUT2D eigenvalue weighted by molar-refractivity contribution is 6.34. The van der Waals surface area contributed by atoms with Crippen LogP contribution in [-0.2, 0) is 0 Å². The van der Waals surface area contributed by atoms with Crippen LogP contribution in [0.2, 0.25) is 5.02 Å². The van der Waals surface area contributed by atoms with Crippen LogP contribution in [0.1, 0.15) is 33.6 Å². The molecule has 0 unspecified atom stereocenters. The first-order chi connectivity index (χ1) is 13.0. The number of carbonyl (C=O) groups excluding carboxylic acids is 1. The number of rotatable bonds is 3. The lowest BCUT2D eigenvalue weighted by Crippen LogP contribution is -2.27. The Kier molecular flexibility index (Phi) is 4.66. The predicted molar refractivity (Wildman–Crippen MR) is 100.0 cm³/mol. The van der Waals surface area contributed by atoms with Crippen molar-refractivity contribution in [3.05, 3.63) is 46.5 Å². The molecule has 2 aromatic carbocycles. The summed E-state index contributed by atoms with van der Waals surface area (Å²) >= 11 is 6.38. The van der Waals surface area contributed by atoms with E-state index in [-0.39, 0.29) is 17.2 Å². The van der Waals surface area contributed by atoms with Gasteiger partial charge < -0.3 is 19.5 Å². The lowest BCUT2D eigenvalue weighted by atomic mass is 10.00. The van der Waals surface area contributed by atoms with Crippen molar-refractivity contribution in [3.63, 3.8) is 0 Å². The van der Waals surface area contributed by atoms with E-state index in [1.54, 1.807) is 29.2 Å². The Morgan fingerprint density at radius 3 is 2.41 bits per heavy atom. The van der Waals surface area contributed by atoms with Crippen molar-refractivity contribution in [1.29, 1.82) is 0 Å². The van der Waals surface area contributed by atoms with E-state index in [9.17, 15) is 14.7 Å². The van der Waals surface area contributed by atoms with E-state index >= 15 is 0 Å². The van der Waals surface area contributed by atoms with E-state index in [4.69, 9.17) is 21.1 Å². The molecule has 1 amide bonds. The Morgan fingerprint density at radius 1 is 0.963 bits per heavy atom. The molecule has 2 heterocycles. The summed E-state index contributed by atoms with van der Waals surface area (Å²) in [5.41, 5.74) is 1.84. The Balaban J connectivity index is 1.71. The second-order valence-electron chi connectivity index (χ2n) is 6.55. The fraction of sp³-hybridized carbons (Fsp3) is 0.300. The molecular weight excluding hydrogens is 370 g/mol. The summed E-state index contributed by atoms with van der Waals surface area (Å²) in [6, 6.07) is 8.40. The third kappa shape index (κ3) is 3.32. The van der Waals surface area contributed by atoms with Crippen LogP contribution >= 0.6 is 11.6 Å². The lowest BCUT2D eigenvalue weighted by Gasteiger charge is -2.21. The van der Waals surface area contributed by atoms with Crippen LogP contribution in [0.25, 0.3) is 11.1 Å². The molecule has 0 aromatic heterocycles. The highest BCUT2D eigenvalue weighted by Crippen LogP contribution is 2.39. The molecule has 4 rings (SSSR count). The van der Waals surface area contributed by atoms with Crippen molar-refractivity contribution in [1.82, 2.24) is 4.90 Å². The molecule has 0 radical (unpaired) electrons. The van der Waals surface area contributed by atoms with E-state index in [0.29, 0.717) is 40.7 Å². The third-order valence-corrected chi connectivity index (χ3v) is 5.11. The van der Waals surface area contributed by atoms with Gasteiger partial charge in [-0.2, -0.15) is 0 Å². The first kappa shape index (κ1) is 17.7. The van der Waals surface area contributed by atoms with Gasteiger partial charge >= 0.3 is 5.97 Å². The van der Waals surface area contributed by atoms with E-state index in [1.165, 1.54) is 6.07 Å². The first-order valence-electron chi connectivity index (χ1n) is 8.81. The summed E-state index contributed by atoms with van der Waals surface area (Å²) in [5.74, 6) is -0.531. The number of aromatic carboxylic acids is 1. The van der Waals surface area contributed by atoms with E-state index in [1.807, 2.05) is 0 Å². The van der Waals surface area contributed by atoms with Gasteiger partial charge in [0.1, 0.15) is 18.8 Å². The Hall–Kier alpha value is -2.73. The molecule has 1 saturated heterocycles. The minimum atomic E-state index is -1.09. The number of benzene rings is 2. The number of amides is 1. The second-order valence-corrected chi connectivity index (χ2v) is 6.95. The number of hydrogen-bond acceptors (Lipinski definition) is 4. The highest BCUT2D eigenvalue weighted by atomic mass is 35.5. The lowest BCUT2D eigenvalue weighted by molar-refractivity contribution is 0.0685. The van der Waals surface area contributed by atoms with E-state index in [2.05, 4.69) is 0 Å². The SMILES string of the molecule is O=C(O)c1cc(-c2ccc(C(=O)N3CCCC3)c(Cl)c2)cc2c1OCCO2. The summed E-state index contributed by atoms with van der Waals surface area (Å²) in [6.45, 7) is 2.17. The van der Waals surface area contributed by atoms with Crippen LogP contribution in [-0.4, -0.2) is 48.2 Å². The van der Waals surface area contributed by atoms with Gasteiger partial charge in [-0.1, -0.05) is 17.7 Å². The van der Waals surface area contributed by atoms with Gasteiger partial charge in [0.15, 0.2) is 11.5 Å². The summed E-state index contributed by atoms with van der Waals surface area (Å²) in [6.07, 6.45) is 2.02. The molecule has 6 nitrogen and oxygen atoms in total. The van der Waals surface area contributed by atoms with Crippen LogP contribution in [0.15, 0.2) is 30.3 Å². The number of nitrogens with zero attached hydrogens (tertiary/aromatic N) is 1. The van der Waals surface area contributed by atoms with Gasteiger partial charge in [0.2, 0.25) is 0 Å². The van der Waals surface area contributed by atoms with Gasteiger partial charge in [-0.25, -0.2) is 4.79 Å². The number of halogens is 1. The molecule has 1 N–H and O–H groups in total. The van der Waals surface area contributed by atoms with Crippen molar-refractivity contribution < 1.29 is 24.2 Å². The number of likely N-dealkylation sites (tertiary alicyclic amines) is 1. The van der Waals surface area contributed by atoms with Crippen molar-refractivity contribution in [2.75, 3.05) is 26.3 Å². The molecule has 2 aliphatic rings. The Bertz CT molecular complexity index is 921. The fourth-order valence-electron chi connectivity index (χ4n) is 3.44. The smallest absolute Gasteiger partial charge is 0.339 e. The zero-order chi connectivity index (χ0) is 19.0. The molecule has 0 saturated carbocycles. The maximum atomic E-state index is 12.6. The molecule has 0 aliphatic carbocycles. The minimum absolute atomic E-state index is 0.0375. The third-order valence-electron chi connectivity index (χ3n) is 4.80. The summed E-state index contributed by atoms with van der Waals surface area (Å²) in [4.78, 5) is 26.0. The van der Waals surface area contributed by atoms with Crippen LogP contribution in [0.5, 0.6) is 11.5 Å². The first-order valence-corrected chi connectivity index (χ1v) is 9.18. The number of ether oxygens (including phenoxy) is 2. The van der Waals surface area contributed by atoms with Crippen LogP contribution in [0, 0.1) is 0 Å². The maximum absolute atomic E-state index is 12.6. The Morgan fingerprint density at radius 2 is 1.70 bits per heavy atom. The Labute approximate surface area is 161 Å². The summed E-state index contributed by atoms with van der Waals surface area (Å²) in [5, 5.41) is 9.84. The molecule has 2 aliphatic heterocycles. The molecule has 27 heavy (non-hydrogen) atoms. The molecule has 1 fully saturated rings. The van der Waals surface area contributed by atoms with Crippen molar-refractivity contribution >= 4 is 23.5 Å².